The Hall–Kier alpha value is -1.50. The van der Waals surface area contributed by atoms with Crippen molar-refractivity contribution in [3.63, 3.8) is 0 Å². The highest BCUT2D eigenvalue weighted by Crippen LogP contribution is 2.34. The van der Waals surface area contributed by atoms with Crippen LogP contribution in [0.15, 0.2) is 12.1 Å². The van der Waals surface area contributed by atoms with E-state index in [1.54, 1.807) is 0 Å². The van der Waals surface area contributed by atoms with Gasteiger partial charge >= 0.3 is 0 Å². The predicted molar refractivity (Wildman–Crippen MR) is 64.1 cm³/mol. The summed E-state index contributed by atoms with van der Waals surface area (Å²) < 4.78 is 10.6. The highest BCUT2D eigenvalue weighted by atomic mass is 16.5. The Balaban J connectivity index is 3.00. The smallest absolute Gasteiger partial charge is 0.130 e. The van der Waals surface area contributed by atoms with E-state index in [0.29, 0.717) is 23.5 Å². The molecule has 18 heavy (non-hydrogen) atoms. The number of aromatic hydroxyl groups is 1. The van der Waals surface area contributed by atoms with Crippen molar-refractivity contribution in [1.82, 2.24) is 0 Å². The fraction of sp³-hybridized carbons (Fsp3) is 0.500. The molecule has 0 aliphatic rings. The number of rotatable bonds is 8. The second kappa shape index (κ2) is 7.75. The average Bonchev–Trinajstić information content (AvgIpc) is 2.36. The van der Waals surface area contributed by atoms with Gasteiger partial charge in [-0.25, -0.2) is 0 Å². The van der Waals surface area contributed by atoms with Gasteiger partial charge in [0.25, 0.3) is 0 Å². The van der Waals surface area contributed by atoms with Crippen LogP contribution in [-0.4, -0.2) is 53.5 Å². The van der Waals surface area contributed by atoms with Crippen LogP contribution < -0.4 is 9.47 Å². The summed E-state index contributed by atoms with van der Waals surface area (Å²) >= 11 is 0. The molecule has 0 radical (unpaired) electrons. The van der Waals surface area contributed by atoms with Crippen molar-refractivity contribution < 1.29 is 29.9 Å². The van der Waals surface area contributed by atoms with E-state index in [1.807, 2.05) is 0 Å². The summed E-state index contributed by atoms with van der Waals surface area (Å²) in [5.74, 6) is 0.662. The summed E-state index contributed by atoms with van der Waals surface area (Å²) in [6.07, 6.45) is 0.293. The Morgan fingerprint density at radius 2 is 1.33 bits per heavy atom. The summed E-state index contributed by atoms with van der Waals surface area (Å²) in [4.78, 5) is 0. The minimum absolute atomic E-state index is 0.0439. The third-order valence-corrected chi connectivity index (χ3v) is 2.21. The van der Waals surface area contributed by atoms with E-state index in [-0.39, 0.29) is 38.8 Å². The van der Waals surface area contributed by atoms with Crippen molar-refractivity contribution in [3.8, 4) is 17.2 Å². The van der Waals surface area contributed by atoms with Crippen LogP contribution in [0.4, 0.5) is 0 Å². The Labute approximate surface area is 105 Å². The van der Waals surface area contributed by atoms with Crippen molar-refractivity contribution in [2.45, 2.75) is 6.42 Å². The number of phenols is 1. The van der Waals surface area contributed by atoms with Crippen molar-refractivity contribution in [2.24, 2.45) is 0 Å². The monoisotopic (exact) mass is 258 g/mol. The Morgan fingerprint density at radius 1 is 0.833 bits per heavy atom. The van der Waals surface area contributed by atoms with Crippen LogP contribution in [0.1, 0.15) is 5.56 Å². The molecule has 6 heteroatoms. The first kappa shape index (κ1) is 14.6. The molecule has 1 aromatic carbocycles. The molecule has 0 aliphatic heterocycles. The molecule has 102 valence electrons. The van der Waals surface area contributed by atoms with Crippen LogP contribution in [0.2, 0.25) is 0 Å². The summed E-state index contributed by atoms with van der Waals surface area (Å²) in [5.41, 5.74) is 0.595. The van der Waals surface area contributed by atoms with Crippen LogP contribution in [0.25, 0.3) is 0 Å². The third-order valence-electron chi connectivity index (χ3n) is 2.21. The molecule has 0 bridgehead atoms. The molecule has 0 fully saturated rings. The molecular formula is C12H18O6. The van der Waals surface area contributed by atoms with Gasteiger partial charge in [-0.3, -0.25) is 0 Å². The summed E-state index contributed by atoms with van der Waals surface area (Å²) in [5, 5.41) is 36.0. The van der Waals surface area contributed by atoms with Gasteiger partial charge in [0.15, 0.2) is 0 Å². The molecule has 0 amide bonds. The standard InChI is InChI=1S/C12H18O6/c13-2-1-10-11(17-5-3-14)7-9(16)8-12(10)18-6-4-15/h7-8,13-16H,1-6H2. The zero-order valence-electron chi connectivity index (χ0n) is 10.0. The van der Waals surface area contributed by atoms with Crippen molar-refractivity contribution in [1.29, 1.82) is 0 Å². The molecule has 0 spiro atoms. The molecule has 0 heterocycles. The Kier molecular flexibility index (Phi) is 6.27. The van der Waals surface area contributed by atoms with E-state index in [9.17, 15) is 5.11 Å². The Bertz CT molecular complexity index is 337. The highest BCUT2D eigenvalue weighted by molar-refractivity contribution is 5.50. The quantitative estimate of drug-likeness (QED) is 0.509. The summed E-state index contributed by atoms with van der Waals surface area (Å²) in [7, 11) is 0. The highest BCUT2D eigenvalue weighted by Gasteiger charge is 2.13. The predicted octanol–water partition coefficient (Wildman–Crippen LogP) is -0.331. The van der Waals surface area contributed by atoms with Gasteiger partial charge < -0.3 is 29.9 Å². The number of phenolic OH excluding ortho intramolecular Hbond substituents is 1. The van der Waals surface area contributed by atoms with Crippen LogP contribution >= 0.6 is 0 Å². The number of aliphatic hydroxyl groups is 3. The van der Waals surface area contributed by atoms with Gasteiger partial charge in [0.1, 0.15) is 30.5 Å². The van der Waals surface area contributed by atoms with E-state index in [1.165, 1.54) is 12.1 Å². The molecule has 0 aliphatic carbocycles. The molecule has 1 rings (SSSR count). The van der Waals surface area contributed by atoms with E-state index >= 15 is 0 Å². The van der Waals surface area contributed by atoms with Crippen LogP contribution in [-0.2, 0) is 6.42 Å². The normalized spacial score (nSPS) is 10.4. The van der Waals surface area contributed by atoms with Crippen LogP contribution in [0, 0.1) is 0 Å². The van der Waals surface area contributed by atoms with E-state index in [2.05, 4.69) is 0 Å². The summed E-state index contributed by atoms with van der Waals surface area (Å²) in [6.45, 7) is -0.236. The number of benzene rings is 1. The third kappa shape index (κ3) is 4.06. The van der Waals surface area contributed by atoms with Gasteiger partial charge in [0, 0.05) is 30.7 Å². The largest absolute Gasteiger partial charge is 0.508 e. The molecule has 0 saturated heterocycles. The first-order valence-electron chi connectivity index (χ1n) is 5.67. The van der Waals surface area contributed by atoms with Crippen molar-refractivity contribution in [3.05, 3.63) is 17.7 Å². The van der Waals surface area contributed by atoms with E-state index in [4.69, 9.17) is 24.8 Å². The second-order valence-corrected chi connectivity index (χ2v) is 3.54. The van der Waals surface area contributed by atoms with E-state index in [0.717, 1.165) is 0 Å². The molecule has 0 aromatic heterocycles. The molecular weight excluding hydrogens is 240 g/mol. The lowest BCUT2D eigenvalue weighted by Gasteiger charge is -2.15. The van der Waals surface area contributed by atoms with Gasteiger partial charge in [0.05, 0.1) is 13.2 Å². The molecule has 0 unspecified atom stereocenters. The molecule has 6 nitrogen and oxygen atoms in total. The number of aliphatic hydroxyl groups excluding tert-OH is 3. The molecule has 1 aromatic rings. The topological polar surface area (TPSA) is 99.4 Å². The second-order valence-electron chi connectivity index (χ2n) is 3.54. The fourth-order valence-electron chi connectivity index (χ4n) is 1.53. The minimum atomic E-state index is -0.152. The zero-order chi connectivity index (χ0) is 13.4. The van der Waals surface area contributed by atoms with Gasteiger partial charge in [-0.1, -0.05) is 0 Å². The fourth-order valence-corrected chi connectivity index (χ4v) is 1.53. The lowest BCUT2D eigenvalue weighted by Crippen LogP contribution is -2.08. The van der Waals surface area contributed by atoms with Crippen molar-refractivity contribution >= 4 is 0 Å². The molecule has 0 atom stereocenters. The SMILES string of the molecule is OCCOc1cc(O)cc(OCCO)c1CCO. The molecule has 4 N–H and O–H groups in total. The van der Waals surface area contributed by atoms with Gasteiger partial charge in [-0.05, 0) is 0 Å². The number of hydrogen-bond acceptors (Lipinski definition) is 6. The maximum atomic E-state index is 9.54. The Morgan fingerprint density at radius 3 is 1.72 bits per heavy atom. The van der Waals surface area contributed by atoms with Gasteiger partial charge in [-0.2, -0.15) is 0 Å². The first-order valence-corrected chi connectivity index (χ1v) is 5.67. The number of ether oxygens (including phenoxy) is 2. The minimum Gasteiger partial charge on any atom is -0.508 e. The molecule has 0 saturated carbocycles. The summed E-state index contributed by atoms with van der Waals surface area (Å²) in [6, 6.07) is 2.79. The first-order chi connectivity index (χ1) is 8.72. The maximum absolute atomic E-state index is 9.54. The maximum Gasteiger partial charge on any atom is 0.130 e. The number of hydrogen-bond donors (Lipinski definition) is 4. The average molecular weight is 258 g/mol. The van der Waals surface area contributed by atoms with Crippen molar-refractivity contribution in [2.75, 3.05) is 33.0 Å². The lowest BCUT2D eigenvalue weighted by atomic mass is 10.1. The zero-order valence-corrected chi connectivity index (χ0v) is 10.0. The van der Waals surface area contributed by atoms with Crippen LogP contribution in [0.5, 0.6) is 17.2 Å². The van der Waals surface area contributed by atoms with Crippen LogP contribution in [0.3, 0.4) is 0 Å². The van der Waals surface area contributed by atoms with Gasteiger partial charge in [0.2, 0.25) is 0 Å². The lowest BCUT2D eigenvalue weighted by molar-refractivity contribution is 0.190. The van der Waals surface area contributed by atoms with Gasteiger partial charge in [-0.15, -0.1) is 0 Å². The van der Waals surface area contributed by atoms with E-state index < -0.39 is 0 Å².